The Morgan fingerprint density at radius 3 is 2.75 bits per heavy atom. The average Bonchev–Trinajstić information content (AvgIpc) is 2.89. The molecule has 106 valence electrons. The SMILES string of the molecule is C[C@H](NS(=O)(=O)c1scnc1C(=O)O)c1ccccn1. The number of pyridine rings is 1. The van der Waals surface area contributed by atoms with E-state index in [4.69, 9.17) is 5.11 Å². The van der Waals surface area contributed by atoms with E-state index in [1.165, 1.54) is 5.51 Å². The lowest BCUT2D eigenvalue weighted by atomic mass is 10.2. The molecule has 20 heavy (non-hydrogen) atoms. The number of thiazole rings is 1. The van der Waals surface area contributed by atoms with Crippen molar-refractivity contribution in [3.8, 4) is 0 Å². The minimum Gasteiger partial charge on any atom is -0.476 e. The summed E-state index contributed by atoms with van der Waals surface area (Å²) in [5, 5.41) is 8.91. The van der Waals surface area contributed by atoms with Crippen LogP contribution in [0.25, 0.3) is 0 Å². The molecular formula is C11H11N3O4S2. The quantitative estimate of drug-likeness (QED) is 0.860. The fourth-order valence-electron chi connectivity index (χ4n) is 1.55. The molecule has 0 saturated heterocycles. The van der Waals surface area contributed by atoms with Crippen LogP contribution < -0.4 is 4.72 Å². The monoisotopic (exact) mass is 313 g/mol. The minimum atomic E-state index is -3.95. The number of aromatic nitrogens is 2. The van der Waals surface area contributed by atoms with E-state index >= 15 is 0 Å². The van der Waals surface area contributed by atoms with Crippen molar-refractivity contribution in [3.05, 3.63) is 41.3 Å². The summed E-state index contributed by atoms with van der Waals surface area (Å²) in [7, 11) is -3.95. The standard InChI is InChI=1S/C11H11N3O4S2/c1-7(8-4-2-3-5-12-8)14-20(17,18)11-9(10(15)16)13-6-19-11/h2-7,14H,1H3,(H,15,16)/t7-/m0/s1. The van der Waals surface area contributed by atoms with Crippen LogP contribution in [0.4, 0.5) is 0 Å². The van der Waals surface area contributed by atoms with E-state index in [1.807, 2.05) is 0 Å². The summed E-state index contributed by atoms with van der Waals surface area (Å²) in [6.45, 7) is 1.63. The number of aromatic carboxylic acids is 1. The highest BCUT2D eigenvalue weighted by molar-refractivity contribution is 7.91. The van der Waals surface area contributed by atoms with E-state index in [2.05, 4.69) is 14.7 Å². The number of sulfonamides is 1. The van der Waals surface area contributed by atoms with Crippen LogP contribution in [0, 0.1) is 0 Å². The Morgan fingerprint density at radius 1 is 1.40 bits per heavy atom. The summed E-state index contributed by atoms with van der Waals surface area (Å²) in [6, 6.07) is 4.56. The van der Waals surface area contributed by atoms with Crippen molar-refractivity contribution in [3.63, 3.8) is 0 Å². The number of hydrogen-bond donors (Lipinski definition) is 2. The zero-order valence-corrected chi connectivity index (χ0v) is 12.0. The van der Waals surface area contributed by atoms with E-state index in [0.717, 1.165) is 11.3 Å². The second-order valence-electron chi connectivity index (χ2n) is 3.89. The zero-order valence-electron chi connectivity index (χ0n) is 10.3. The molecule has 0 fully saturated rings. The summed E-state index contributed by atoms with van der Waals surface area (Å²) in [5.41, 5.74) is 1.25. The van der Waals surface area contributed by atoms with Gasteiger partial charge in [0.25, 0.3) is 10.0 Å². The molecule has 7 nitrogen and oxygen atoms in total. The second-order valence-corrected chi connectivity index (χ2v) is 6.66. The number of rotatable bonds is 5. The Kier molecular flexibility index (Phi) is 4.12. The van der Waals surface area contributed by atoms with Gasteiger partial charge in [-0.2, -0.15) is 0 Å². The van der Waals surface area contributed by atoms with Crippen LogP contribution in [-0.4, -0.2) is 29.5 Å². The molecule has 2 rings (SSSR count). The highest BCUT2D eigenvalue weighted by atomic mass is 32.2. The fourth-order valence-corrected chi connectivity index (χ4v) is 3.92. The summed E-state index contributed by atoms with van der Waals surface area (Å²) >= 11 is 0.759. The maximum Gasteiger partial charge on any atom is 0.356 e. The van der Waals surface area contributed by atoms with Gasteiger partial charge < -0.3 is 5.11 Å². The van der Waals surface area contributed by atoms with Crippen LogP contribution in [0.2, 0.25) is 0 Å². The molecule has 0 radical (unpaired) electrons. The Balaban J connectivity index is 2.28. The first-order valence-electron chi connectivity index (χ1n) is 5.52. The third kappa shape index (κ3) is 3.00. The van der Waals surface area contributed by atoms with Gasteiger partial charge in [0.05, 0.1) is 17.2 Å². The lowest BCUT2D eigenvalue weighted by Crippen LogP contribution is -2.28. The number of carboxylic acid groups (broad SMARTS) is 1. The molecule has 1 atom stereocenters. The van der Waals surface area contributed by atoms with Gasteiger partial charge in [-0.15, -0.1) is 11.3 Å². The highest BCUT2D eigenvalue weighted by Crippen LogP contribution is 2.22. The average molecular weight is 313 g/mol. The van der Waals surface area contributed by atoms with E-state index in [9.17, 15) is 13.2 Å². The van der Waals surface area contributed by atoms with Gasteiger partial charge >= 0.3 is 5.97 Å². The minimum absolute atomic E-state index is 0.312. The van der Waals surface area contributed by atoms with Gasteiger partial charge in [-0.3, -0.25) is 4.98 Å². The molecule has 2 aromatic heterocycles. The molecule has 0 aliphatic rings. The van der Waals surface area contributed by atoms with Crippen LogP contribution in [0.1, 0.15) is 29.1 Å². The van der Waals surface area contributed by atoms with Crippen molar-refractivity contribution < 1.29 is 18.3 Å². The molecule has 0 aliphatic heterocycles. The van der Waals surface area contributed by atoms with E-state index in [0.29, 0.717) is 5.69 Å². The van der Waals surface area contributed by atoms with Crippen LogP contribution in [0.15, 0.2) is 34.1 Å². The van der Waals surface area contributed by atoms with Crippen LogP contribution in [-0.2, 0) is 10.0 Å². The lowest BCUT2D eigenvalue weighted by molar-refractivity contribution is 0.0687. The van der Waals surface area contributed by atoms with Gasteiger partial charge in [0.1, 0.15) is 0 Å². The van der Waals surface area contributed by atoms with Crippen molar-refractivity contribution >= 4 is 27.3 Å². The zero-order chi connectivity index (χ0) is 14.8. The number of hydrogen-bond acceptors (Lipinski definition) is 6. The summed E-state index contributed by atoms with van der Waals surface area (Å²) in [4.78, 5) is 18.5. The van der Waals surface area contributed by atoms with Crippen LogP contribution in [0.3, 0.4) is 0 Å². The summed E-state index contributed by atoms with van der Waals surface area (Å²) in [5.74, 6) is -1.38. The van der Waals surface area contributed by atoms with Gasteiger partial charge in [-0.1, -0.05) is 6.07 Å². The van der Waals surface area contributed by atoms with Gasteiger partial charge in [-0.25, -0.2) is 22.9 Å². The smallest absolute Gasteiger partial charge is 0.356 e. The Bertz CT molecular complexity index is 712. The van der Waals surface area contributed by atoms with Gasteiger partial charge in [-0.05, 0) is 19.1 Å². The molecule has 2 N–H and O–H groups in total. The van der Waals surface area contributed by atoms with E-state index < -0.39 is 27.7 Å². The highest BCUT2D eigenvalue weighted by Gasteiger charge is 2.27. The van der Waals surface area contributed by atoms with Crippen molar-refractivity contribution in [1.29, 1.82) is 0 Å². The largest absolute Gasteiger partial charge is 0.476 e. The predicted octanol–water partition coefficient (Wildman–Crippen LogP) is 1.28. The third-order valence-electron chi connectivity index (χ3n) is 2.44. The van der Waals surface area contributed by atoms with Crippen molar-refractivity contribution in [2.24, 2.45) is 0 Å². The van der Waals surface area contributed by atoms with E-state index in [-0.39, 0.29) is 4.21 Å². The molecule has 0 aromatic carbocycles. The Labute approximate surface area is 119 Å². The van der Waals surface area contributed by atoms with Crippen molar-refractivity contribution in [2.45, 2.75) is 17.2 Å². The van der Waals surface area contributed by atoms with Crippen molar-refractivity contribution in [2.75, 3.05) is 0 Å². The molecule has 2 heterocycles. The second kappa shape index (κ2) is 5.65. The Morgan fingerprint density at radius 2 is 2.15 bits per heavy atom. The predicted molar refractivity (Wildman–Crippen MR) is 72.0 cm³/mol. The lowest BCUT2D eigenvalue weighted by Gasteiger charge is -2.12. The Hall–Kier alpha value is -1.84. The maximum atomic E-state index is 12.2. The first-order chi connectivity index (χ1) is 9.42. The third-order valence-corrected chi connectivity index (χ3v) is 5.36. The molecule has 0 amide bonds. The summed E-state index contributed by atoms with van der Waals surface area (Å²) in [6.07, 6.45) is 1.55. The molecule has 2 aromatic rings. The van der Waals surface area contributed by atoms with Crippen molar-refractivity contribution in [1.82, 2.24) is 14.7 Å². The molecule has 9 heteroatoms. The van der Waals surface area contributed by atoms with Gasteiger partial charge in [0.15, 0.2) is 9.90 Å². The number of nitrogens with zero attached hydrogens (tertiary/aromatic N) is 2. The van der Waals surface area contributed by atoms with Crippen LogP contribution in [0.5, 0.6) is 0 Å². The number of carbonyl (C=O) groups is 1. The topological polar surface area (TPSA) is 109 Å². The van der Waals surface area contributed by atoms with Gasteiger partial charge in [0.2, 0.25) is 0 Å². The molecule has 0 aliphatic carbocycles. The normalized spacial score (nSPS) is 13.1. The number of nitrogens with one attached hydrogen (secondary N) is 1. The number of carboxylic acids is 1. The molecule has 0 unspecified atom stereocenters. The molecular weight excluding hydrogens is 302 g/mol. The van der Waals surface area contributed by atoms with Gasteiger partial charge in [0, 0.05) is 6.20 Å². The van der Waals surface area contributed by atoms with E-state index in [1.54, 1.807) is 31.3 Å². The molecule has 0 saturated carbocycles. The molecule has 0 spiro atoms. The fraction of sp³-hybridized carbons (Fsp3) is 0.182. The first-order valence-corrected chi connectivity index (χ1v) is 7.88. The summed E-state index contributed by atoms with van der Waals surface area (Å²) < 4.78 is 26.4. The first kappa shape index (κ1) is 14.6. The van der Waals surface area contributed by atoms with Crippen LogP contribution >= 0.6 is 11.3 Å². The molecule has 0 bridgehead atoms. The maximum absolute atomic E-state index is 12.2.